The van der Waals surface area contributed by atoms with Crippen LogP contribution in [0.2, 0.25) is 0 Å². The molecule has 2 unspecified atom stereocenters. The van der Waals surface area contributed by atoms with E-state index in [2.05, 4.69) is 19.2 Å². The summed E-state index contributed by atoms with van der Waals surface area (Å²) in [4.78, 5) is 38.8. The molecule has 1 aromatic carbocycles. The zero-order valence-corrected chi connectivity index (χ0v) is 16.0. The van der Waals surface area contributed by atoms with Crippen LogP contribution in [0.15, 0.2) is 47.1 Å². The minimum Gasteiger partial charge on any atom is -0.459 e. The SMILES string of the molecule is CC1CC(C)CN(C(=O)COC(=O)c2ccccc2NC(=O)c2ccco2)C1. The molecule has 0 saturated carbocycles. The molecule has 148 valence electrons. The first kappa shape index (κ1) is 19.7. The van der Waals surface area contributed by atoms with Gasteiger partial charge in [0.2, 0.25) is 0 Å². The monoisotopic (exact) mass is 384 g/mol. The van der Waals surface area contributed by atoms with E-state index in [0.29, 0.717) is 30.6 Å². The van der Waals surface area contributed by atoms with Crippen LogP contribution >= 0.6 is 0 Å². The van der Waals surface area contributed by atoms with E-state index in [1.54, 1.807) is 29.2 Å². The van der Waals surface area contributed by atoms with E-state index in [4.69, 9.17) is 9.15 Å². The molecule has 3 rings (SSSR count). The van der Waals surface area contributed by atoms with E-state index in [0.717, 1.165) is 6.42 Å². The molecule has 0 spiro atoms. The largest absolute Gasteiger partial charge is 0.459 e. The lowest BCUT2D eigenvalue weighted by molar-refractivity contribution is -0.137. The molecule has 2 heterocycles. The first-order chi connectivity index (χ1) is 13.4. The summed E-state index contributed by atoms with van der Waals surface area (Å²) in [5.41, 5.74) is 0.470. The highest BCUT2D eigenvalue weighted by atomic mass is 16.5. The topological polar surface area (TPSA) is 88.9 Å². The molecule has 7 heteroatoms. The summed E-state index contributed by atoms with van der Waals surface area (Å²) >= 11 is 0. The normalized spacial score (nSPS) is 19.1. The van der Waals surface area contributed by atoms with Crippen molar-refractivity contribution in [3.63, 3.8) is 0 Å². The first-order valence-electron chi connectivity index (χ1n) is 9.32. The number of para-hydroxylation sites is 1. The predicted octanol–water partition coefficient (Wildman–Crippen LogP) is 3.19. The van der Waals surface area contributed by atoms with Crippen LogP contribution in [0.25, 0.3) is 0 Å². The van der Waals surface area contributed by atoms with Crippen molar-refractivity contribution in [2.24, 2.45) is 11.8 Å². The second-order valence-electron chi connectivity index (χ2n) is 7.30. The molecule has 1 saturated heterocycles. The number of anilines is 1. The zero-order valence-electron chi connectivity index (χ0n) is 16.0. The number of piperidine rings is 1. The van der Waals surface area contributed by atoms with E-state index in [1.165, 1.54) is 18.4 Å². The lowest BCUT2D eigenvalue weighted by Crippen LogP contribution is -2.44. The Bertz CT molecular complexity index is 836. The van der Waals surface area contributed by atoms with E-state index >= 15 is 0 Å². The van der Waals surface area contributed by atoms with Crippen LogP contribution < -0.4 is 5.32 Å². The molecule has 28 heavy (non-hydrogen) atoms. The lowest BCUT2D eigenvalue weighted by Gasteiger charge is -2.34. The summed E-state index contributed by atoms with van der Waals surface area (Å²) in [7, 11) is 0. The maximum Gasteiger partial charge on any atom is 0.340 e. The number of nitrogens with zero attached hydrogens (tertiary/aromatic N) is 1. The Balaban J connectivity index is 1.61. The molecule has 2 amide bonds. The third-order valence-corrected chi connectivity index (χ3v) is 4.69. The summed E-state index contributed by atoms with van der Waals surface area (Å²) < 4.78 is 10.3. The van der Waals surface area contributed by atoms with Gasteiger partial charge in [0.05, 0.1) is 17.5 Å². The maximum atomic E-state index is 12.5. The number of benzene rings is 1. The molecule has 0 aliphatic carbocycles. The Morgan fingerprint density at radius 1 is 1.11 bits per heavy atom. The van der Waals surface area contributed by atoms with Crippen molar-refractivity contribution in [3.8, 4) is 0 Å². The van der Waals surface area contributed by atoms with Gasteiger partial charge in [0.15, 0.2) is 12.4 Å². The second-order valence-corrected chi connectivity index (χ2v) is 7.30. The quantitative estimate of drug-likeness (QED) is 0.800. The fourth-order valence-electron chi connectivity index (χ4n) is 3.52. The first-order valence-corrected chi connectivity index (χ1v) is 9.32. The van der Waals surface area contributed by atoms with Crippen molar-refractivity contribution in [1.82, 2.24) is 4.90 Å². The highest BCUT2D eigenvalue weighted by Crippen LogP contribution is 2.21. The molecule has 2 aromatic rings. The number of carbonyl (C=O) groups is 3. The van der Waals surface area contributed by atoms with Crippen molar-refractivity contribution in [2.45, 2.75) is 20.3 Å². The number of carbonyl (C=O) groups excluding carboxylic acids is 3. The molecule has 1 fully saturated rings. The number of likely N-dealkylation sites (tertiary alicyclic amines) is 1. The molecule has 0 radical (unpaired) electrons. The Kier molecular flexibility index (Phi) is 6.13. The van der Waals surface area contributed by atoms with Gasteiger partial charge in [0, 0.05) is 13.1 Å². The van der Waals surface area contributed by atoms with Gasteiger partial charge in [-0.05, 0) is 42.5 Å². The standard InChI is InChI=1S/C21H24N2O5/c1-14-10-15(2)12-23(11-14)19(24)13-28-21(26)16-6-3-4-7-17(16)22-20(25)18-8-5-9-27-18/h3-9,14-15H,10-13H2,1-2H3,(H,22,25). The smallest absolute Gasteiger partial charge is 0.340 e. The Morgan fingerprint density at radius 3 is 2.50 bits per heavy atom. The number of rotatable bonds is 5. The molecular weight excluding hydrogens is 360 g/mol. The molecular formula is C21H24N2O5. The zero-order chi connectivity index (χ0) is 20.1. The van der Waals surface area contributed by atoms with Crippen molar-refractivity contribution >= 4 is 23.5 Å². The molecule has 1 aliphatic rings. The Labute approximate surface area is 163 Å². The highest BCUT2D eigenvalue weighted by molar-refractivity contribution is 6.06. The number of hydrogen-bond donors (Lipinski definition) is 1. The Hall–Kier alpha value is -3.09. The van der Waals surface area contributed by atoms with Gasteiger partial charge in [-0.15, -0.1) is 0 Å². The fraction of sp³-hybridized carbons (Fsp3) is 0.381. The van der Waals surface area contributed by atoms with Gasteiger partial charge in [-0.2, -0.15) is 0 Å². The summed E-state index contributed by atoms with van der Waals surface area (Å²) in [5.74, 6) is -0.350. The van der Waals surface area contributed by atoms with Gasteiger partial charge in [-0.25, -0.2) is 4.79 Å². The van der Waals surface area contributed by atoms with Crippen LogP contribution in [0.5, 0.6) is 0 Å². The number of nitrogens with one attached hydrogen (secondary N) is 1. The second kappa shape index (κ2) is 8.73. The molecule has 1 aliphatic heterocycles. The lowest BCUT2D eigenvalue weighted by atomic mass is 9.92. The highest BCUT2D eigenvalue weighted by Gasteiger charge is 2.26. The average molecular weight is 384 g/mol. The van der Waals surface area contributed by atoms with Crippen LogP contribution in [-0.4, -0.2) is 42.4 Å². The maximum absolute atomic E-state index is 12.5. The van der Waals surface area contributed by atoms with E-state index in [1.807, 2.05) is 0 Å². The number of furan rings is 1. The fourth-order valence-corrected chi connectivity index (χ4v) is 3.52. The number of hydrogen-bond acceptors (Lipinski definition) is 5. The van der Waals surface area contributed by atoms with Crippen LogP contribution in [0.3, 0.4) is 0 Å². The van der Waals surface area contributed by atoms with Crippen molar-refractivity contribution < 1.29 is 23.5 Å². The van der Waals surface area contributed by atoms with E-state index < -0.39 is 11.9 Å². The molecule has 2 atom stereocenters. The van der Waals surface area contributed by atoms with Crippen LogP contribution in [0.4, 0.5) is 5.69 Å². The van der Waals surface area contributed by atoms with Crippen LogP contribution in [-0.2, 0) is 9.53 Å². The minimum atomic E-state index is -0.665. The van der Waals surface area contributed by atoms with Crippen LogP contribution in [0, 0.1) is 11.8 Å². The van der Waals surface area contributed by atoms with Crippen molar-refractivity contribution in [1.29, 1.82) is 0 Å². The summed E-state index contributed by atoms with van der Waals surface area (Å²) in [5, 5.41) is 2.63. The Morgan fingerprint density at radius 2 is 1.82 bits per heavy atom. The van der Waals surface area contributed by atoms with E-state index in [9.17, 15) is 14.4 Å². The van der Waals surface area contributed by atoms with Gasteiger partial charge in [-0.1, -0.05) is 26.0 Å². The summed E-state index contributed by atoms with van der Waals surface area (Å²) in [6, 6.07) is 9.60. The predicted molar refractivity (Wildman–Crippen MR) is 103 cm³/mol. The molecule has 1 aromatic heterocycles. The van der Waals surface area contributed by atoms with Crippen LogP contribution in [0.1, 0.15) is 41.2 Å². The number of ether oxygens (including phenoxy) is 1. The van der Waals surface area contributed by atoms with Gasteiger partial charge in [0.1, 0.15) is 0 Å². The summed E-state index contributed by atoms with van der Waals surface area (Å²) in [6.45, 7) is 5.26. The third kappa shape index (κ3) is 4.79. The summed E-state index contributed by atoms with van der Waals surface area (Å²) in [6.07, 6.45) is 2.48. The third-order valence-electron chi connectivity index (χ3n) is 4.69. The van der Waals surface area contributed by atoms with Gasteiger partial charge < -0.3 is 19.4 Å². The average Bonchev–Trinajstić information content (AvgIpc) is 3.20. The van der Waals surface area contributed by atoms with Gasteiger partial charge in [-0.3, -0.25) is 9.59 Å². The van der Waals surface area contributed by atoms with Gasteiger partial charge in [0.25, 0.3) is 11.8 Å². The van der Waals surface area contributed by atoms with Crippen molar-refractivity contribution in [2.75, 3.05) is 25.0 Å². The van der Waals surface area contributed by atoms with Gasteiger partial charge >= 0.3 is 5.97 Å². The number of esters is 1. The molecule has 7 nitrogen and oxygen atoms in total. The van der Waals surface area contributed by atoms with Crippen molar-refractivity contribution in [3.05, 3.63) is 54.0 Å². The minimum absolute atomic E-state index is 0.131. The molecule has 1 N–H and O–H groups in total. The van der Waals surface area contributed by atoms with E-state index in [-0.39, 0.29) is 23.8 Å². The molecule has 0 bridgehead atoms. The number of amides is 2.